The Labute approximate surface area is 110 Å². The molecule has 0 fully saturated rings. The molecule has 0 aliphatic heterocycles. The van der Waals surface area contributed by atoms with Crippen molar-refractivity contribution in [2.75, 3.05) is 13.1 Å². The first kappa shape index (κ1) is 14.6. The van der Waals surface area contributed by atoms with Crippen molar-refractivity contribution in [3.8, 4) is 0 Å². The number of hydrogen-bond donors (Lipinski definition) is 1. The van der Waals surface area contributed by atoms with E-state index < -0.39 is 11.9 Å². The topological polar surface area (TPSA) is 70.5 Å². The van der Waals surface area contributed by atoms with E-state index in [0.29, 0.717) is 17.1 Å². The lowest BCUT2D eigenvalue weighted by Gasteiger charge is -2.22. The van der Waals surface area contributed by atoms with Gasteiger partial charge in [-0.2, -0.15) is 0 Å². The number of carbonyl (C=O) groups excluding carboxylic acids is 1. The van der Waals surface area contributed by atoms with E-state index in [2.05, 4.69) is 4.98 Å². The molecule has 6 heteroatoms. The van der Waals surface area contributed by atoms with Gasteiger partial charge in [-0.3, -0.25) is 9.59 Å². The van der Waals surface area contributed by atoms with Gasteiger partial charge in [0.2, 0.25) is 0 Å². The van der Waals surface area contributed by atoms with Gasteiger partial charge in [0.15, 0.2) is 0 Å². The molecule has 0 saturated carbocycles. The summed E-state index contributed by atoms with van der Waals surface area (Å²) in [6.45, 7) is 7.81. The average Bonchev–Trinajstić information content (AvgIpc) is 2.63. The monoisotopic (exact) mass is 270 g/mol. The number of aromatic nitrogens is 1. The molecule has 0 bridgehead atoms. The molecule has 0 aliphatic rings. The number of carboxylic acids is 1. The van der Waals surface area contributed by atoms with Gasteiger partial charge in [0, 0.05) is 13.1 Å². The number of carboxylic acid groups (broad SMARTS) is 1. The third kappa shape index (κ3) is 3.29. The number of aryl methyl sites for hydroxylation is 2. The molecule has 0 saturated heterocycles. The number of carbonyl (C=O) groups is 2. The maximum absolute atomic E-state index is 12.3. The number of thiazole rings is 1. The normalized spacial score (nSPS) is 12.2. The van der Waals surface area contributed by atoms with Crippen LogP contribution >= 0.6 is 11.3 Å². The molecule has 18 heavy (non-hydrogen) atoms. The quantitative estimate of drug-likeness (QED) is 0.887. The largest absolute Gasteiger partial charge is 0.481 e. The summed E-state index contributed by atoms with van der Waals surface area (Å²) in [6.07, 6.45) is 0. The maximum Gasteiger partial charge on any atom is 0.308 e. The Morgan fingerprint density at radius 2 is 2.06 bits per heavy atom. The van der Waals surface area contributed by atoms with Gasteiger partial charge in [-0.15, -0.1) is 11.3 Å². The molecule has 1 aromatic heterocycles. The highest BCUT2D eigenvalue weighted by Crippen LogP contribution is 2.19. The third-order valence-corrected chi connectivity index (χ3v) is 3.74. The molecule has 1 amide bonds. The summed E-state index contributed by atoms with van der Waals surface area (Å²) in [6, 6.07) is 0. The fraction of sp³-hybridized carbons (Fsp3) is 0.583. The van der Waals surface area contributed by atoms with Crippen LogP contribution in [0.15, 0.2) is 0 Å². The van der Waals surface area contributed by atoms with Crippen molar-refractivity contribution in [2.45, 2.75) is 27.7 Å². The van der Waals surface area contributed by atoms with Crippen LogP contribution in [-0.4, -0.2) is 40.0 Å². The predicted molar refractivity (Wildman–Crippen MR) is 70.0 cm³/mol. The van der Waals surface area contributed by atoms with Crippen molar-refractivity contribution >= 4 is 23.2 Å². The van der Waals surface area contributed by atoms with Crippen LogP contribution in [0.4, 0.5) is 0 Å². The van der Waals surface area contributed by atoms with Gasteiger partial charge < -0.3 is 10.0 Å². The van der Waals surface area contributed by atoms with Crippen molar-refractivity contribution in [3.63, 3.8) is 0 Å². The zero-order valence-corrected chi connectivity index (χ0v) is 11.9. The smallest absolute Gasteiger partial charge is 0.308 e. The molecule has 1 N–H and O–H groups in total. The van der Waals surface area contributed by atoms with Crippen molar-refractivity contribution in [1.29, 1.82) is 0 Å². The van der Waals surface area contributed by atoms with Crippen LogP contribution in [-0.2, 0) is 4.79 Å². The molecule has 100 valence electrons. The average molecular weight is 270 g/mol. The lowest BCUT2D eigenvalue weighted by molar-refractivity contribution is -0.141. The highest BCUT2D eigenvalue weighted by molar-refractivity contribution is 7.13. The van der Waals surface area contributed by atoms with E-state index in [4.69, 9.17) is 5.11 Å². The molecule has 1 atom stereocenters. The van der Waals surface area contributed by atoms with Crippen molar-refractivity contribution in [2.24, 2.45) is 5.92 Å². The molecule has 5 nitrogen and oxygen atoms in total. The second-order valence-electron chi connectivity index (χ2n) is 4.23. The van der Waals surface area contributed by atoms with Gasteiger partial charge in [0.1, 0.15) is 4.88 Å². The summed E-state index contributed by atoms with van der Waals surface area (Å²) in [7, 11) is 0. The number of aliphatic carboxylic acids is 1. The van der Waals surface area contributed by atoms with Gasteiger partial charge in [0.25, 0.3) is 5.91 Å². The lowest BCUT2D eigenvalue weighted by Crippen LogP contribution is -2.36. The van der Waals surface area contributed by atoms with Crippen LogP contribution in [0.5, 0.6) is 0 Å². The number of amides is 1. The van der Waals surface area contributed by atoms with Gasteiger partial charge in [-0.1, -0.05) is 6.92 Å². The number of nitrogens with zero attached hydrogens (tertiary/aromatic N) is 2. The van der Waals surface area contributed by atoms with Gasteiger partial charge in [0.05, 0.1) is 16.6 Å². The van der Waals surface area contributed by atoms with E-state index in [1.54, 1.807) is 18.7 Å². The Hall–Kier alpha value is -1.43. The van der Waals surface area contributed by atoms with Crippen LogP contribution < -0.4 is 0 Å². The summed E-state index contributed by atoms with van der Waals surface area (Å²) in [5.74, 6) is -1.59. The Bertz CT molecular complexity index is 456. The summed E-state index contributed by atoms with van der Waals surface area (Å²) in [5.41, 5.74) is 0.712. The van der Waals surface area contributed by atoms with Crippen LogP contribution in [0.1, 0.15) is 34.2 Å². The Balaban J connectivity index is 2.86. The van der Waals surface area contributed by atoms with Gasteiger partial charge in [-0.05, 0) is 20.8 Å². The first-order valence-corrected chi connectivity index (χ1v) is 6.64. The predicted octanol–water partition coefficient (Wildman–Crippen LogP) is 1.94. The zero-order chi connectivity index (χ0) is 13.9. The Morgan fingerprint density at radius 3 is 2.44 bits per heavy atom. The molecule has 0 aromatic carbocycles. The van der Waals surface area contributed by atoms with Crippen molar-refractivity contribution in [3.05, 3.63) is 15.6 Å². The maximum atomic E-state index is 12.3. The molecule has 0 aliphatic carbocycles. The van der Waals surface area contributed by atoms with Crippen molar-refractivity contribution in [1.82, 2.24) is 9.88 Å². The van der Waals surface area contributed by atoms with Gasteiger partial charge in [-0.25, -0.2) is 4.98 Å². The highest BCUT2D eigenvalue weighted by atomic mass is 32.1. The lowest BCUT2D eigenvalue weighted by atomic mass is 10.1. The van der Waals surface area contributed by atoms with E-state index in [9.17, 15) is 9.59 Å². The van der Waals surface area contributed by atoms with Crippen LogP contribution in [0.25, 0.3) is 0 Å². The number of rotatable bonds is 5. The molecule has 1 rings (SSSR count). The minimum Gasteiger partial charge on any atom is -0.481 e. The molecule has 1 aromatic rings. The molecule has 0 radical (unpaired) electrons. The molecule has 0 spiro atoms. The first-order chi connectivity index (χ1) is 8.36. The summed E-state index contributed by atoms with van der Waals surface area (Å²) in [4.78, 5) is 29.5. The SMILES string of the molecule is CCN(C[C@H](C)C(=O)O)C(=O)c1sc(C)nc1C. The summed E-state index contributed by atoms with van der Waals surface area (Å²) < 4.78 is 0. The number of hydrogen-bond acceptors (Lipinski definition) is 4. The van der Waals surface area contributed by atoms with Crippen LogP contribution in [0.3, 0.4) is 0 Å². The van der Waals surface area contributed by atoms with Crippen LogP contribution in [0, 0.1) is 19.8 Å². The molecular formula is C12H18N2O3S. The molecule has 0 unspecified atom stereocenters. The molecular weight excluding hydrogens is 252 g/mol. The van der Waals surface area contributed by atoms with E-state index in [0.717, 1.165) is 5.01 Å². The third-order valence-electron chi connectivity index (χ3n) is 2.68. The summed E-state index contributed by atoms with van der Waals surface area (Å²) >= 11 is 1.35. The Kier molecular flexibility index (Phi) is 4.84. The first-order valence-electron chi connectivity index (χ1n) is 5.82. The van der Waals surface area contributed by atoms with E-state index in [1.807, 2.05) is 13.8 Å². The zero-order valence-electron chi connectivity index (χ0n) is 11.1. The van der Waals surface area contributed by atoms with E-state index in [1.165, 1.54) is 11.3 Å². The van der Waals surface area contributed by atoms with Gasteiger partial charge >= 0.3 is 5.97 Å². The van der Waals surface area contributed by atoms with Crippen molar-refractivity contribution < 1.29 is 14.7 Å². The minimum absolute atomic E-state index is 0.131. The molecule has 1 heterocycles. The fourth-order valence-electron chi connectivity index (χ4n) is 1.64. The van der Waals surface area contributed by atoms with Crippen LogP contribution in [0.2, 0.25) is 0 Å². The summed E-state index contributed by atoms with van der Waals surface area (Å²) in [5, 5.41) is 9.74. The Morgan fingerprint density at radius 1 is 1.44 bits per heavy atom. The fourth-order valence-corrected chi connectivity index (χ4v) is 2.53. The second-order valence-corrected chi connectivity index (χ2v) is 5.43. The minimum atomic E-state index is -0.890. The van der Waals surface area contributed by atoms with E-state index >= 15 is 0 Å². The standard InChI is InChI=1S/C12H18N2O3S/c1-5-14(6-7(2)12(16)17)11(15)10-8(3)13-9(4)18-10/h7H,5-6H2,1-4H3,(H,16,17)/t7-/m0/s1. The van der Waals surface area contributed by atoms with E-state index in [-0.39, 0.29) is 12.5 Å². The highest BCUT2D eigenvalue weighted by Gasteiger charge is 2.23. The second kappa shape index (κ2) is 5.95.